The van der Waals surface area contributed by atoms with E-state index in [1.807, 2.05) is 0 Å². The SMILES string of the molecule is COC(=O)/C=C/C(O)c1ccc(F)cc1. The fraction of sp³-hybridized carbons (Fsp3) is 0.182. The number of esters is 1. The van der Waals surface area contributed by atoms with E-state index in [0.29, 0.717) is 5.56 Å². The quantitative estimate of drug-likeness (QED) is 0.608. The molecule has 1 aromatic rings. The van der Waals surface area contributed by atoms with Crippen LogP contribution >= 0.6 is 0 Å². The van der Waals surface area contributed by atoms with E-state index in [-0.39, 0.29) is 5.82 Å². The number of ether oxygens (including phenoxy) is 1. The first-order valence-electron chi connectivity index (χ1n) is 4.33. The molecule has 3 nitrogen and oxygen atoms in total. The van der Waals surface area contributed by atoms with Crippen molar-refractivity contribution in [3.05, 3.63) is 47.8 Å². The van der Waals surface area contributed by atoms with Gasteiger partial charge in [-0.3, -0.25) is 0 Å². The Bertz CT molecular complexity index is 357. The zero-order valence-electron chi connectivity index (χ0n) is 8.18. The summed E-state index contributed by atoms with van der Waals surface area (Å²) in [6.07, 6.45) is 1.46. The molecule has 80 valence electrons. The van der Waals surface area contributed by atoms with Gasteiger partial charge in [-0.05, 0) is 23.8 Å². The third-order valence-corrected chi connectivity index (χ3v) is 1.83. The number of hydrogen-bond donors (Lipinski definition) is 1. The Hall–Kier alpha value is -1.68. The molecule has 1 rings (SSSR count). The number of hydrogen-bond acceptors (Lipinski definition) is 3. The van der Waals surface area contributed by atoms with Crippen LogP contribution in [0.5, 0.6) is 0 Å². The number of aliphatic hydroxyl groups excluding tert-OH is 1. The summed E-state index contributed by atoms with van der Waals surface area (Å²) in [5.41, 5.74) is 0.511. The molecule has 0 fully saturated rings. The summed E-state index contributed by atoms with van der Waals surface area (Å²) in [5, 5.41) is 9.54. The van der Waals surface area contributed by atoms with Crippen LogP contribution in [0, 0.1) is 5.82 Å². The number of benzene rings is 1. The molecule has 0 aliphatic rings. The van der Waals surface area contributed by atoms with Gasteiger partial charge in [0.05, 0.1) is 13.2 Å². The van der Waals surface area contributed by atoms with Crippen molar-refractivity contribution in [2.24, 2.45) is 0 Å². The van der Waals surface area contributed by atoms with Crippen LogP contribution in [0.25, 0.3) is 0 Å². The molecular weight excluding hydrogens is 199 g/mol. The topological polar surface area (TPSA) is 46.5 Å². The summed E-state index contributed by atoms with van der Waals surface area (Å²) in [4.78, 5) is 10.7. The molecule has 4 heteroatoms. The van der Waals surface area contributed by atoms with E-state index < -0.39 is 12.1 Å². The average molecular weight is 210 g/mol. The second-order valence-corrected chi connectivity index (χ2v) is 2.88. The van der Waals surface area contributed by atoms with Gasteiger partial charge in [-0.2, -0.15) is 0 Å². The number of aliphatic hydroxyl groups is 1. The van der Waals surface area contributed by atoms with Gasteiger partial charge in [0.15, 0.2) is 0 Å². The van der Waals surface area contributed by atoms with Crippen LogP contribution < -0.4 is 0 Å². The maximum atomic E-state index is 12.5. The molecule has 0 spiro atoms. The zero-order chi connectivity index (χ0) is 11.3. The lowest BCUT2D eigenvalue weighted by atomic mass is 10.1. The van der Waals surface area contributed by atoms with Crippen LogP contribution in [0.4, 0.5) is 4.39 Å². The Morgan fingerprint density at radius 1 is 1.47 bits per heavy atom. The molecule has 1 atom stereocenters. The van der Waals surface area contributed by atoms with E-state index in [0.717, 1.165) is 6.08 Å². The molecule has 0 saturated carbocycles. The van der Waals surface area contributed by atoms with E-state index in [1.54, 1.807) is 0 Å². The Morgan fingerprint density at radius 3 is 2.60 bits per heavy atom. The summed E-state index contributed by atoms with van der Waals surface area (Å²) in [5.74, 6) is -0.918. The Kier molecular flexibility index (Phi) is 4.00. The van der Waals surface area contributed by atoms with E-state index in [2.05, 4.69) is 4.74 Å². The third-order valence-electron chi connectivity index (χ3n) is 1.83. The van der Waals surface area contributed by atoms with Crippen LogP contribution in [0.3, 0.4) is 0 Å². The van der Waals surface area contributed by atoms with Gasteiger partial charge >= 0.3 is 5.97 Å². The largest absolute Gasteiger partial charge is 0.466 e. The molecule has 0 heterocycles. The number of rotatable bonds is 3. The van der Waals surface area contributed by atoms with Crippen LogP contribution in [0.1, 0.15) is 11.7 Å². The predicted molar refractivity (Wildman–Crippen MR) is 52.5 cm³/mol. The summed E-state index contributed by atoms with van der Waals surface area (Å²) in [7, 11) is 1.25. The Labute approximate surface area is 86.8 Å². The standard InChI is InChI=1S/C11H11FO3/c1-15-11(14)7-6-10(13)8-2-4-9(12)5-3-8/h2-7,10,13H,1H3/b7-6+. The number of carbonyl (C=O) groups is 1. The predicted octanol–water partition coefficient (Wildman–Crippen LogP) is 1.59. The molecule has 1 aromatic carbocycles. The minimum absolute atomic E-state index is 0.372. The van der Waals surface area contributed by atoms with E-state index >= 15 is 0 Å². The highest BCUT2D eigenvalue weighted by atomic mass is 19.1. The highest BCUT2D eigenvalue weighted by Gasteiger charge is 2.03. The minimum atomic E-state index is -0.940. The average Bonchev–Trinajstić information content (AvgIpc) is 2.26. The number of carbonyl (C=O) groups excluding carboxylic acids is 1. The molecule has 15 heavy (non-hydrogen) atoms. The van der Waals surface area contributed by atoms with Crippen molar-refractivity contribution in [1.29, 1.82) is 0 Å². The monoisotopic (exact) mass is 210 g/mol. The molecular formula is C11H11FO3. The van der Waals surface area contributed by atoms with Crippen LogP contribution in [0.15, 0.2) is 36.4 Å². The maximum Gasteiger partial charge on any atom is 0.330 e. The molecule has 1 unspecified atom stereocenters. The second kappa shape index (κ2) is 5.26. The zero-order valence-corrected chi connectivity index (χ0v) is 8.18. The van der Waals surface area contributed by atoms with Crippen molar-refractivity contribution >= 4 is 5.97 Å². The highest BCUT2D eigenvalue weighted by Crippen LogP contribution is 2.14. The molecule has 0 amide bonds. The fourth-order valence-electron chi connectivity index (χ4n) is 1.01. The molecule has 0 aliphatic carbocycles. The minimum Gasteiger partial charge on any atom is -0.466 e. The van der Waals surface area contributed by atoms with Crippen molar-refractivity contribution < 1.29 is 19.0 Å². The van der Waals surface area contributed by atoms with Crippen molar-refractivity contribution in [1.82, 2.24) is 0 Å². The van der Waals surface area contributed by atoms with Gasteiger partial charge in [-0.1, -0.05) is 12.1 Å². The van der Waals surface area contributed by atoms with Gasteiger partial charge in [-0.25, -0.2) is 9.18 Å². The molecule has 0 aliphatic heterocycles. The first-order chi connectivity index (χ1) is 7.13. The van der Waals surface area contributed by atoms with Crippen LogP contribution in [-0.4, -0.2) is 18.2 Å². The second-order valence-electron chi connectivity index (χ2n) is 2.88. The normalized spacial score (nSPS) is 12.7. The summed E-state index contributed by atoms with van der Waals surface area (Å²) in [6, 6.07) is 5.37. The molecule has 1 N–H and O–H groups in total. The van der Waals surface area contributed by atoms with Crippen LogP contribution in [-0.2, 0) is 9.53 Å². The van der Waals surface area contributed by atoms with E-state index in [9.17, 15) is 14.3 Å². The molecule has 0 bridgehead atoms. The maximum absolute atomic E-state index is 12.5. The van der Waals surface area contributed by atoms with Crippen LogP contribution in [0.2, 0.25) is 0 Å². The van der Waals surface area contributed by atoms with Gasteiger partial charge in [0.25, 0.3) is 0 Å². The fourth-order valence-corrected chi connectivity index (χ4v) is 1.01. The molecule has 0 radical (unpaired) electrons. The van der Waals surface area contributed by atoms with Crippen molar-refractivity contribution in [3.8, 4) is 0 Å². The van der Waals surface area contributed by atoms with Crippen molar-refractivity contribution in [2.75, 3.05) is 7.11 Å². The van der Waals surface area contributed by atoms with Gasteiger partial charge in [-0.15, -0.1) is 0 Å². The molecule has 0 saturated heterocycles. The lowest BCUT2D eigenvalue weighted by molar-refractivity contribution is -0.134. The first kappa shape index (κ1) is 11.4. The lowest BCUT2D eigenvalue weighted by Gasteiger charge is -2.04. The lowest BCUT2D eigenvalue weighted by Crippen LogP contribution is -1.98. The Morgan fingerprint density at radius 2 is 2.07 bits per heavy atom. The van der Waals surface area contributed by atoms with Gasteiger partial charge in [0, 0.05) is 6.08 Å². The molecule has 0 aromatic heterocycles. The van der Waals surface area contributed by atoms with Gasteiger partial charge in [0.1, 0.15) is 5.82 Å². The Balaban J connectivity index is 2.68. The smallest absolute Gasteiger partial charge is 0.330 e. The third kappa shape index (κ3) is 3.52. The van der Waals surface area contributed by atoms with Crippen molar-refractivity contribution in [3.63, 3.8) is 0 Å². The number of methoxy groups -OCH3 is 1. The van der Waals surface area contributed by atoms with Gasteiger partial charge in [0.2, 0.25) is 0 Å². The van der Waals surface area contributed by atoms with E-state index in [4.69, 9.17) is 0 Å². The number of halogens is 1. The van der Waals surface area contributed by atoms with E-state index in [1.165, 1.54) is 37.5 Å². The summed E-state index contributed by atoms with van der Waals surface area (Å²) in [6.45, 7) is 0. The summed E-state index contributed by atoms with van der Waals surface area (Å²) < 4.78 is 16.9. The highest BCUT2D eigenvalue weighted by molar-refractivity contribution is 5.81. The van der Waals surface area contributed by atoms with Gasteiger partial charge < -0.3 is 9.84 Å². The summed E-state index contributed by atoms with van der Waals surface area (Å²) >= 11 is 0. The first-order valence-corrected chi connectivity index (χ1v) is 4.33. The van der Waals surface area contributed by atoms with Crippen molar-refractivity contribution in [2.45, 2.75) is 6.10 Å².